The van der Waals surface area contributed by atoms with Crippen LogP contribution in [0.25, 0.3) is 72.5 Å². The molecule has 0 amide bonds. The number of hydrogen-bond acceptors (Lipinski definition) is 1. The van der Waals surface area contributed by atoms with Gasteiger partial charge in [0.2, 0.25) is 5.78 Å². The normalized spacial score (nSPS) is 11.7. The number of imidazole rings is 2. The molecule has 3 aromatic heterocycles. The van der Waals surface area contributed by atoms with Crippen LogP contribution in [0.4, 0.5) is 0 Å². The van der Waals surface area contributed by atoms with E-state index in [1.54, 1.807) is 0 Å². The molecule has 43 heavy (non-hydrogen) atoms. The van der Waals surface area contributed by atoms with Gasteiger partial charge >= 0.3 is 0 Å². The van der Waals surface area contributed by atoms with Gasteiger partial charge in [-0.2, -0.15) is 4.98 Å². The molecule has 0 aliphatic rings. The zero-order valence-electron chi connectivity index (χ0n) is 23.3. The minimum Gasteiger partial charge on any atom is -0.292 e. The molecule has 202 valence electrons. The van der Waals surface area contributed by atoms with Crippen molar-refractivity contribution >= 4 is 38.9 Å². The van der Waals surface area contributed by atoms with Crippen LogP contribution in [-0.4, -0.2) is 18.5 Å². The van der Waals surface area contributed by atoms with Crippen molar-refractivity contribution in [3.8, 4) is 33.6 Å². The van der Waals surface area contributed by atoms with Crippen LogP contribution in [0.5, 0.6) is 0 Å². The van der Waals surface area contributed by atoms with E-state index in [9.17, 15) is 0 Å². The first-order chi connectivity index (χ1) is 21.3. The van der Waals surface area contributed by atoms with Crippen molar-refractivity contribution in [2.45, 2.75) is 0 Å². The maximum absolute atomic E-state index is 5.41. The van der Waals surface area contributed by atoms with Crippen LogP contribution < -0.4 is 0 Å². The Morgan fingerprint density at radius 1 is 0.395 bits per heavy atom. The number of nitrogens with zero attached hydrogens (tertiary/aromatic N) is 4. The topological polar surface area (TPSA) is 27.2 Å². The summed E-state index contributed by atoms with van der Waals surface area (Å²) in [6.07, 6.45) is 0. The van der Waals surface area contributed by atoms with Gasteiger partial charge in [0.1, 0.15) is 5.52 Å². The van der Waals surface area contributed by atoms with Gasteiger partial charge in [-0.3, -0.25) is 13.5 Å². The van der Waals surface area contributed by atoms with E-state index in [1.165, 1.54) is 27.6 Å². The maximum atomic E-state index is 5.41. The van der Waals surface area contributed by atoms with Crippen LogP contribution in [0.1, 0.15) is 0 Å². The van der Waals surface area contributed by atoms with Crippen molar-refractivity contribution in [2.24, 2.45) is 0 Å². The van der Waals surface area contributed by atoms with E-state index in [-0.39, 0.29) is 0 Å². The van der Waals surface area contributed by atoms with Crippen LogP contribution in [0.15, 0.2) is 158 Å². The second-order valence-corrected chi connectivity index (χ2v) is 10.9. The number of para-hydroxylation sites is 3. The maximum Gasteiger partial charge on any atom is 0.222 e. The lowest BCUT2D eigenvalue weighted by Gasteiger charge is -2.09. The largest absolute Gasteiger partial charge is 0.292 e. The number of aromatic nitrogens is 4. The molecule has 0 N–H and O–H groups in total. The van der Waals surface area contributed by atoms with Crippen LogP contribution in [0.2, 0.25) is 0 Å². The van der Waals surface area contributed by atoms with Gasteiger partial charge in [0.15, 0.2) is 5.65 Å². The summed E-state index contributed by atoms with van der Waals surface area (Å²) in [5, 5.41) is 1.18. The average molecular weight is 551 g/mol. The molecule has 0 spiro atoms. The lowest BCUT2D eigenvalue weighted by molar-refractivity contribution is 1.09. The summed E-state index contributed by atoms with van der Waals surface area (Å²) >= 11 is 0. The SMILES string of the molecule is c1ccc(-c2ccc(-n3c4ccccc4c4c3nc3n(-c5cccc(-c6ccccc6)c5)c5ccccc5n43)cc2)cc1. The summed E-state index contributed by atoms with van der Waals surface area (Å²) < 4.78 is 6.92. The quantitative estimate of drug-likeness (QED) is 0.214. The Morgan fingerprint density at radius 3 is 1.72 bits per heavy atom. The van der Waals surface area contributed by atoms with Crippen LogP contribution >= 0.6 is 0 Å². The molecule has 4 heteroatoms. The smallest absolute Gasteiger partial charge is 0.222 e. The third-order valence-corrected chi connectivity index (χ3v) is 8.46. The Balaban J connectivity index is 1.32. The Labute approximate surface area is 248 Å². The zero-order chi connectivity index (χ0) is 28.3. The van der Waals surface area contributed by atoms with E-state index < -0.39 is 0 Å². The first kappa shape index (κ1) is 23.8. The van der Waals surface area contributed by atoms with E-state index in [0.717, 1.165) is 44.9 Å². The van der Waals surface area contributed by atoms with Gasteiger partial charge in [-0.05, 0) is 64.7 Å². The molecule has 0 aliphatic carbocycles. The standard InChI is InChI=1S/C39H26N4/c1-3-12-27(13-4-1)29-22-24-31(25-23-29)41-34-19-8-7-18-33(34)37-38(41)40-39-42(35-20-9-10-21-36(35)43(37)39)32-17-11-16-30(26-32)28-14-5-2-6-15-28/h1-26H. The van der Waals surface area contributed by atoms with Gasteiger partial charge < -0.3 is 0 Å². The first-order valence-electron chi connectivity index (χ1n) is 14.6. The lowest BCUT2D eigenvalue weighted by Crippen LogP contribution is -1.97. The van der Waals surface area contributed by atoms with Crippen molar-refractivity contribution in [3.63, 3.8) is 0 Å². The predicted octanol–water partition coefficient (Wildman–Crippen LogP) is 9.71. The van der Waals surface area contributed by atoms with E-state index in [2.05, 4.69) is 171 Å². The molecule has 0 atom stereocenters. The van der Waals surface area contributed by atoms with Crippen molar-refractivity contribution in [3.05, 3.63) is 158 Å². The molecular formula is C39H26N4. The Kier molecular flexibility index (Phi) is 5.16. The van der Waals surface area contributed by atoms with E-state index in [1.807, 2.05) is 0 Å². The number of benzene rings is 6. The highest BCUT2D eigenvalue weighted by Gasteiger charge is 2.23. The van der Waals surface area contributed by atoms with Gasteiger partial charge in [-0.25, -0.2) is 0 Å². The number of fused-ring (bicyclic) bond motifs is 7. The highest BCUT2D eigenvalue weighted by Crippen LogP contribution is 2.37. The molecule has 0 unspecified atom stereocenters. The average Bonchev–Trinajstić information content (AvgIpc) is 3.71. The van der Waals surface area contributed by atoms with Crippen molar-refractivity contribution in [1.82, 2.24) is 18.5 Å². The summed E-state index contributed by atoms with van der Waals surface area (Å²) in [5.41, 5.74) is 12.4. The highest BCUT2D eigenvalue weighted by atomic mass is 15.2. The molecular weight excluding hydrogens is 524 g/mol. The Bertz CT molecular complexity index is 2430. The molecule has 0 saturated carbocycles. The Morgan fingerprint density at radius 2 is 0.977 bits per heavy atom. The van der Waals surface area contributed by atoms with Crippen molar-refractivity contribution < 1.29 is 0 Å². The monoisotopic (exact) mass is 550 g/mol. The molecule has 0 radical (unpaired) electrons. The molecule has 9 aromatic rings. The summed E-state index contributed by atoms with van der Waals surface area (Å²) in [7, 11) is 0. The molecule has 9 rings (SSSR count). The Hall–Kier alpha value is -5.87. The molecule has 0 aliphatic heterocycles. The fourth-order valence-corrected chi connectivity index (χ4v) is 6.51. The van der Waals surface area contributed by atoms with Gasteiger partial charge in [0.25, 0.3) is 0 Å². The second-order valence-electron chi connectivity index (χ2n) is 10.9. The third kappa shape index (κ3) is 3.60. The minimum atomic E-state index is 0.900. The number of hydrogen-bond donors (Lipinski definition) is 0. The summed E-state index contributed by atoms with van der Waals surface area (Å²) in [6, 6.07) is 55.8. The molecule has 0 saturated heterocycles. The van der Waals surface area contributed by atoms with Gasteiger partial charge in [0.05, 0.1) is 16.6 Å². The second kappa shape index (κ2) is 9.33. The van der Waals surface area contributed by atoms with Gasteiger partial charge in [-0.15, -0.1) is 0 Å². The molecule has 4 nitrogen and oxygen atoms in total. The number of rotatable bonds is 4. The highest BCUT2D eigenvalue weighted by molar-refractivity contribution is 6.09. The van der Waals surface area contributed by atoms with E-state index in [4.69, 9.17) is 4.98 Å². The van der Waals surface area contributed by atoms with Gasteiger partial charge in [-0.1, -0.05) is 115 Å². The van der Waals surface area contributed by atoms with E-state index >= 15 is 0 Å². The zero-order valence-corrected chi connectivity index (χ0v) is 23.3. The van der Waals surface area contributed by atoms with E-state index in [0.29, 0.717) is 0 Å². The molecule has 0 fully saturated rings. The third-order valence-electron chi connectivity index (χ3n) is 8.46. The van der Waals surface area contributed by atoms with Crippen molar-refractivity contribution in [2.75, 3.05) is 0 Å². The first-order valence-corrected chi connectivity index (χ1v) is 14.6. The lowest BCUT2D eigenvalue weighted by atomic mass is 10.1. The van der Waals surface area contributed by atoms with Crippen LogP contribution in [0, 0.1) is 0 Å². The molecule has 0 bridgehead atoms. The fourth-order valence-electron chi connectivity index (χ4n) is 6.51. The van der Waals surface area contributed by atoms with Crippen molar-refractivity contribution in [1.29, 1.82) is 0 Å². The summed E-state index contributed by atoms with van der Waals surface area (Å²) in [4.78, 5) is 5.41. The summed E-state index contributed by atoms with van der Waals surface area (Å²) in [5.74, 6) is 0.900. The minimum absolute atomic E-state index is 0.900. The van der Waals surface area contributed by atoms with Crippen LogP contribution in [0.3, 0.4) is 0 Å². The van der Waals surface area contributed by atoms with Gasteiger partial charge in [0, 0.05) is 16.8 Å². The van der Waals surface area contributed by atoms with Crippen LogP contribution in [-0.2, 0) is 0 Å². The predicted molar refractivity (Wildman–Crippen MR) is 177 cm³/mol. The molecule has 6 aromatic carbocycles. The fraction of sp³-hybridized carbons (Fsp3) is 0. The molecule has 3 heterocycles. The summed E-state index contributed by atoms with van der Waals surface area (Å²) in [6.45, 7) is 0.